The predicted octanol–water partition coefficient (Wildman–Crippen LogP) is 2.52. The van der Waals surface area contributed by atoms with Crippen LogP contribution in [0.25, 0.3) is 0 Å². The lowest BCUT2D eigenvalue weighted by atomic mass is 9.85. The molecule has 17 heavy (non-hydrogen) atoms. The monoisotopic (exact) mass is 250 g/mol. The van der Waals surface area contributed by atoms with Crippen molar-refractivity contribution in [3.63, 3.8) is 0 Å². The molecule has 2 aliphatic rings. The SMILES string of the molecule is Cc1ccsc1CNCC1C2CCC(C2)C1N. The minimum Gasteiger partial charge on any atom is -0.327 e. The van der Waals surface area contributed by atoms with Gasteiger partial charge in [0.05, 0.1) is 0 Å². The van der Waals surface area contributed by atoms with E-state index in [2.05, 4.69) is 23.7 Å². The molecule has 0 amide bonds. The highest BCUT2D eigenvalue weighted by atomic mass is 32.1. The highest BCUT2D eigenvalue weighted by molar-refractivity contribution is 7.10. The second-order valence-corrected chi connectivity index (χ2v) is 6.73. The Labute approximate surface area is 108 Å². The van der Waals surface area contributed by atoms with Crippen molar-refractivity contribution in [3.8, 4) is 0 Å². The van der Waals surface area contributed by atoms with Crippen LogP contribution in [0.1, 0.15) is 29.7 Å². The van der Waals surface area contributed by atoms with Crippen LogP contribution in [0.15, 0.2) is 11.4 Å². The van der Waals surface area contributed by atoms with Crippen LogP contribution >= 0.6 is 11.3 Å². The molecule has 3 rings (SSSR count). The first kappa shape index (κ1) is 11.7. The Morgan fingerprint density at radius 2 is 2.24 bits per heavy atom. The molecule has 4 unspecified atom stereocenters. The molecule has 2 saturated carbocycles. The zero-order valence-corrected chi connectivity index (χ0v) is 11.3. The van der Waals surface area contributed by atoms with Crippen molar-refractivity contribution in [2.24, 2.45) is 23.5 Å². The Hall–Kier alpha value is -0.380. The number of aryl methyl sites for hydroxylation is 1. The number of hydrogen-bond donors (Lipinski definition) is 2. The van der Waals surface area contributed by atoms with Crippen LogP contribution in [0.2, 0.25) is 0 Å². The lowest BCUT2D eigenvalue weighted by Crippen LogP contribution is -2.41. The Balaban J connectivity index is 1.50. The highest BCUT2D eigenvalue weighted by Gasteiger charge is 2.45. The van der Waals surface area contributed by atoms with E-state index < -0.39 is 0 Å². The van der Waals surface area contributed by atoms with Crippen molar-refractivity contribution in [2.45, 2.75) is 38.8 Å². The van der Waals surface area contributed by atoms with Gasteiger partial charge in [0.2, 0.25) is 0 Å². The van der Waals surface area contributed by atoms with E-state index in [9.17, 15) is 0 Å². The molecule has 2 aliphatic carbocycles. The van der Waals surface area contributed by atoms with Crippen molar-refractivity contribution >= 4 is 11.3 Å². The Bertz CT molecular complexity index is 385. The summed E-state index contributed by atoms with van der Waals surface area (Å²) in [5.74, 6) is 2.47. The van der Waals surface area contributed by atoms with Gasteiger partial charge in [-0.25, -0.2) is 0 Å². The van der Waals surface area contributed by atoms with E-state index in [0.29, 0.717) is 6.04 Å². The van der Waals surface area contributed by atoms with Crippen molar-refractivity contribution < 1.29 is 0 Å². The van der Waals surface area contributed by atoms with Crippen LogP contribution in [0.5, 0.6) is 0 Å². The van der Waals surface area contributed by atoms with Gasteiger partial charge in [-0.15, -0.1) is 11.3 Å². The number of hydrogen-bond acceptors (Lipinski definition) is 3. The molecule has 0 radical (unpaired) electrons. The molecule has 2 nitrogen and oxygen atoms in total. The first-order valence-electron chi connectivity index (χ1n) is 6.75. The summed E-state index contributed by atoms with van der Waals surface area (Å²) in [6.45, 7) is 4.32. The normalized spacial score (nSPS) is 35.6. The molecule has 94 valence electrons. The standard InChI is InChI=1S/C14H22N2S/c1-9-4-5-17-13(9)8-16-7-12-10-2-3-11(6-10)14(12)15/h4-5,10-12,14,16H,2-3,6-8,15H2,1H3. The Kier molecular flexibility index (Phi) is 3.24. The van der Waals surface area contributed by atoms with Crippen molar-refractivity contribution in [3.05, 3.63) is 21.9 Å². The predicted molar refractivity (Wildman–Crippen MR) is 73.1 cm³/mol. The molecule has 2 bridgehead atoms. The van der Waals surface area contributed by atoms with Crippen LogP contribution in [-0.2, 0) is 6.54 Å². The summed E-state index contributed by atoms with van der Waals surface area (Å²) in [6.07, 6.45) is 4.20. The first-order valence-corrected chi connectivity index (χ1v) is 7.63. The maximum Gasteiger partial charge on any atom is 0.0302 e. The number of rotatable bonds is 4. The van der Waals surface area contributed by atoms with Crippen LogP contribution in [0.3, 0.4) is 0 Å². The minimum absolute atomic E-state index is 0.464. The van der Waals surface area contributed by atoms with Crippen molar-refractivity contribution in [1.29, 1.82) is 0 Å². The van der Waals surface area contributed by atoms with Gasteiger partial charge in [-0.1, -0.05) is 0 Å². The molecule has 1 heterocycles. The molecule has 3 N–H and O–H groups in total. The van der Waals surface area contributed by atoms with Gasteiger partial charge >= 0.3 is 0 Å². The Morgan fingerprint density at radius 3 is 2.88 bits per heavy atom. The van der Waals surface area contributed by atoms with Gasteiger partial charge in [0.25, 0.3) is 0 Å². The number of nitrogens with one attached hydrogen (secondary N) is 1. The van der Waals surface area contributed by atoms with Crippen LogP contribution < -0.4 is 11.1 Å². The number of nitrogens with two attached hydrogens (primary N) is 1. The molecule has 3 heteroatoms. The molecule has 0 aromatic carbocycles. The van der Waals surface area contributed by atoms with Gasteiger partial charge in [-0.3, -0.25) is 0 Å². The third kappa shape index (κ3) is 2.16. The molecule has 1 aromatic heterocycles. The summed E-state index contributed by atoms with van der Waals surface area (Å²) < 4.78 is 0. The third-order valence-electron chi connectivity index (χ3n) is 4.79. The van der Waals surface area contributed by atoms with Gasteiger partial charge in [-0.05, 0) is 60.9 Å². The average molecular weight is 250 g/mol. The maximum atomic E-state index is 6.32. The minimum atomic E-state index is 0.464. The molecule has 4 atom stereocenters. The van der Waals surface area contributed by atoms with E-state index in [1.165, 1.54) is 29.7 Å². The van der Waals surface area contributed by atoms with E-state index in [0.717, 1.165) is 30.8 Å². The van der Waals surface area contributed by atoms with E-state index in [-0.39, 0.29) is 0 Å². The topological polar surface area (TPSA) is 38.0 Å². The van der Waals surface area contributed by atoms with E-state index in [4.69, 9.17) is 5.73 Å². The van der Waals surface area contributed by atoms with Gasteiger partial charge in [-0.2, -0.15) is 0 Å². The molecule has 2 fully saturated rings. The van der Waals surface area contributed by atoms with Gasteiger partial charge in [0, 0.05) is 24.0 Å². The summed E-state index contributed by atoms with van der Waals surface area (Å²) in [7, 11) is 0. The second kappa shape index (κ2) is 4.71. The fraction of sp³-hybridized carbons (Fsp3) is 0.714. The quantitative estimate of drug-likeness (QED) is 0.862. The van der Waals surface area contributed by atoms with Crippen LogP contribution in [0.4, 0.5) is 0 Å². The average Bonchev–Trinajstić information content (AvgIpc) is 2.98. The molecule has 0 aliphatic heterocycles. The van der Waals surface area contributed by atoms with Crippen molar-refractivity contribution in [2.75, 3.05) is 6.54 Å². The van der Waals surface area contributed by atoms with Crippen molar-refractivity contribution in [1.82, 2.24) is 5.32 Å². The maximum absolute atomic E-state index is 6.32. The number of thiophene rings is 1. The van der Waals surface area contributed by atoms with Crippen LogP contribution in [0, 0.1) is 24.7 Å². The zero-order chi connectivity index (χ0) is 11.8. The van der Waals surface area contributed by atoms with Gasteiger partial charge < -0.3 is 11.1 Å². The lowest BCUT2D eigenvalue weighted by Gasteiger charge is -2.28. The summed E-state index contributed by atoms with van der Waals surface area (Å²) in [6, 6.07) is 2.66. The fourth-order valence-electron chi connectivity index (χ4n) is 3.70. The number of fused-ring (bicyclic) bond motifs is 2. The summed E-state index contributed by atoms with van der Waals surface area (Å²) in [5.41, 5.74) is 7.73. The zero-order valence-electron chi connectivity index (χ0n) is 10.5. The molecule has 0 saturated heterocycles. The largest absolute Gasteiger partial charge is 0.327 e. The van der Waals surface area contributed by atoms with E-state index in [1.807, 2.05) is 11.3 Å². The second-order valence-electron chi connectivity index (χ2n) is 5.73. The third-order valence-corrected chi connectivity index (χ3v) is 5.81. The lowest BCUT2D eigenvalue weighted by molar-refractivity contribution is 0.278. The summed E-state index contributed by atoms with van der Waals surface area (Å²) in [5, 5.41) is 5.79. The van der Waals surface area contributed by atoms with E-state index >= 15 is 0 Å². The molecular formula is C14H22N2S. The van der Waals surface area contributed by atoms with E-state index in [1.54, 1.807) is 0 Å². The molecular weight excluding hydrogens is 228 g/mol. The highest BCUT2D eigenvalue weighted by Crippen LogP contribution is 2.47. The Morgan fingerprint density at radius 1 is 1.41 bits per heavy atom. The summed E-state index contributed by atoms with van der Waals surface area (Å²) in [4.78, 5) is 1.47. The van der Waals surface area contributed by atoms with Gasteiger partial charge in [0.15, 0.2) is 0 Å². The molecule has 1 aromatic rings. The first-order chi connectivity index (χ1) is 8.25. The molecule has 0 spiro atoms. The summed E-state index contributed by atoms with van der Waals surface area (Å²) >= 11 is 1.85. The van der Waals surface area contributed by atoms with Crippen LogP contribution in [-0.4, -0.2) is 12.6 Å². The fourth-order valence-corrected chi connectivity index (χ4v) is 4.57. The van der Waals surface area contributed by atoms with Gasteiger partial charge in [0.1, 0.15) is 0 Å². The smallest absolute Gasteiger partial charge is 0.0302 e.